The lowest BCUT2D eigenvalue weighted by atomic mass is 10.1. The standard InChI is InChI=1S/C15H16F3NO5S/c1-2-14(20)23-11-7-9-19(10-8-11)25(21,22)13-5-3-12(4-6-13)24-15(16,17)18/h2-6,11H,1,7-10H2. The van der Waals surface area contributed by atoms with Gasteiger partial charge in [0.25, 0.3) is 0 Å². The zero-order valence-electron chi connectivity index (χ0n) is 13.0. The maximum Gasteiger partial charge on any atom is 0.573 e. The highest BCUT2D eigenvalue weighted by Crippen LogP contribution is 2.26. The van der Waals surface area contributed by atoms with Crippen molar-refractivity contribution in [1.29, 1.82) is 0 Å². The van der Waals surface area contributed by atoms with E-state index in [2.05, 4.69) is 11.3 Å². The average Bonchev–Trinajstić information content (AvgIpc) is 2.54. The number of sulfonamides is 1. The maximum absolute atomic E-state index is 12.5. The van der Waals surface area contributed by atoms with Crippen molar-refractivity contribution in [3.8, 4) is 5.75 Å². The van der Waals surface area contributed by atoms with Gasteiger partial charge in [0.1, 0.15) is 11.9 Å². The predicted molar refractivity (Wildman–Crippen MR) is 81.2 cm³/mol. The number of carbonyl (C=O) groups is 1. The number of rotatable bonds is 5. The van der Waals surface area contributed by atoms with Gasteiger partial charge in [0.2, 0.25) is 10.0 Å². The summed E-state index contributed by atoms with van der Waals surface area (Å²) in [4.78, 5) is 11.0. The van der Waals surface area contributed by atoms with Crippen LogP contribution in [-0.2, 0) is 19.6 Å². The van der Waals surface area contributed by atoms with Crippen LogP contribution in [0.3, 0.4) is 0 Å². The highest BCUT2D eigenvalue weighted by Gasteiger charge is 2.32. The summed E-state index contributed by atoms with van der Waals surface area (Å²) in [7, 11) is -3.84. The molecular formula is C15H16F3NO5S. The lowest BCUT2D eigenvalue weighted by Crippen LogP contribution is -2.41. The first kappa shape index (κ1) is 19.3. The van der Waals surface area contributed by atoms with E-state index in [0.717, 1.165) is 30.3 Å². The summed E-state index contributed by atoms with van der Waals surface area (Å²) < 4.78 is 71.4. The molecule has 1 aromatic carbocycles. The molecule has 1 aromatic rings. The van der Waals surface area contributed by atoms with Crippen LogP contribution in [0.1, 0.15) is 12.8 Å². The van der Waals surface area contributed by atoms with Gasteiger partial charge in [0, 0.05) is 19.2 Å². The quantitative estimate of drug-likeness (QED) is 0.581. The third kappa shape index (κ3) is 5.20. The number of hydrogen-bond donors (Lipinski definition) is 0. The van der Waals surface area contributed by atoms with Crippen molar-refractivity contribution < 1.29 is 35.9 Å². The molecule has 0 saturated carbocycles. The Morgan fingerprint density at radius 3 is 2.24 bits per heavy atom. The Bertz CT molecular complexity index is 723. The number of nitrogens with zero attached hydrogens (tertiary/aromatic N) is 1. The van der Waals surface area contributed by atoms with Crippen molar-refractivity contribution in [2.45, 2.75) is 30.2 Å². The highest BCUT2D eigenvalue weighted by atomic mass is 32.2. The minimum absolute atomic E-state index is 0.136. The lowest BCUT2D eigenvalue weighted by Gasteiger charge is -2.30. The van der Waals surface area contributed by atoms with Crippen molar-refractivity contribution in [2.75, 3.05) is 13.1 Å². The molecule has 6 nitrogen and oxygen atoms in total. The van der Waals surface area contributed by atoms with Crippen LogP contribution in [0.4, 0.5) is 13.2 Å². The van der Waals surface area contributed by atoms with E-state index >= 15 is 0 Å². The van der Waals surface area contributed by atoms with E-state index in [4.69, 9.17) is 4.74 Å². The van der Waals surface area contributed by atoms with Crippen LogP contribution in [0, 0.1) is 0 Å². The Morgan fingerprint density at radius 1 is 1.20 bits per heavy atom. The molecule has 0 unspecified atom stereocenters. The molecule has 0 atom stereocenters. The molecule has 0 amide bonds. The molecule has 1 heterocycles. The molecule has 1 aliphatic heterocycles. The number of piperidine rings is 1. The molecule has 0 aliphatic carbocycles. The van der Waals surface area contributed by atoms with Gasteiger partial charge in [-0.05, 0) is 37.1 Å². The molecule has 0 aromatic heterocycles. The summed E-state index contributed by atoms with van der Waals surface area (Å²) in [5, 5.41) is 0. The van der Waals surface area contributed by atoms with Crippen molar-refractivity contribution >= 4 is 16.0 Å². The Balaban J connectivity index is 2.02. The van der Waals surface area contributed by atoms with Crippen molar-refractivity contribution in [1.82, 2.24) is 4.31 Å². The van der Waals surface area contributed by atoms with Crippen molar-refractivity contribution in [2.24, 2.45) is 0 Å². The average molecular weight is 379 g/mol. The van der Waals surface area contributed by atoms with Crippen LogP contribution >= 0.6 is 0 Å². The van der Waals surface area contributed by atoms with E-state index in [1.807, 2.05) is 0 Å². The highest BCUT2D eigenvalue weighted by molar-refractivity contribution is 7.89. The van der Waals surface area contributed by atoms with Gasteiger partial charge >= 0.3 is 12.3 Å². The minimum Gasteiger partial charge on any atom is -0.459 e. The smallest absolute Gasteiger partial charge is 0.459 e. The Labute approximate surface area is 142 Å². The molecule has 0 radical (unpaired) electrons. The van der Waals surface area contributed by atoms with E-state index in [9.17, 15) is 26.4 Å². The van der Waals surface area contributed by atoms with Gasteiger partial charge in [-0.2, -0.15) is 4.31 Å². The molecular weight excluding hydrogens is 363 g/mol. The summed E-state index contributed by atoms with van der Waals surface area (Å²) in [5.41, 5.74) is 0. The maximum atomic E-state index is 12.5. The van der Waals surface area contributed by atoms with Crippen LogP contribution < -0.4 is 4.74 Å². The van der Waals surface area contributed by atoms with E-state index in [-0.39, 0.29) is 24.1 Å². The number of alkyl halides is 3. The predicted octanol–water partition coefficient (Wildman–Crippen LogP) is 2.47. The molecule has 1 aliphatic rings. The Morgan fingerprint density at radius 2 is 1.76 bits per heavy atom. The fourth-order valence-corrected chi connectivity index (χ4v) is 3.83. The Kier molecular flexibility index (Phi) is 5.73. The number of halogens is 3. The second-order valence-electron chi connectivity index (χ2n) is 5.26. The third-order valence-electron chi connectivity index (χ3n) is 3.55. The zero-order chi connectivity index (χ0) is 18.7. The van der Waals surface area contributed by atoms with Crippen LogP contribution in [0.5, 0.6) is 5.75 Å². The SMILES string of the molecule is C=CC(=O)OC1CCN(S(=O)(=O)c2ccc(OC(F)(F)F)cc2)CC1. The Hall–Kier alpha value is -2.07. The fraction of sp³-hybridized carbons (Fsp3) is 0.400. The number of esters is 1. The minimum atomic E-state index is -4.84. The van der Waals surface area contributed by atoms with Gasteiger partial charge in [0.15, 0.2) is 0 Å². The number of hydrogen-bond acceptors (Lipinski definition) is 5. The summed E-state index contributed by atoms with van der Waals surface area (Å²) in [6.07, 6.45) is -3.54. The topological polar surface area (TPSA) is 72.9 Å². The molecule has 0 N–H and O–H groups in total. The van der Waals surface area contributed by atoms with Gasteiger partial charge in [-0.1, -0.05) is 6.58 Å². The van der Waals surface area contributed by atoms with Gasteiger partial charge in [0.05, 0.1) is 4.90 Å². The first-order chi connectivity index (χ1) is 11.6. The summed E-state index contributed by atoms with van der Waals surface area (Å²) in [6, 6.07) is 4.00. The van der Waals surface area contributed by atoms with Gasteiger partial charge in [-0.3, -0.25) is 0 Å². The molecule has 0 spiro atoms. The zero-order valence-corrected chi connectivity index (χ0v) is 13.8. The van der Waals surface area contributed by atoms with Gasteiger partial charge in [-0.15, -0.1) is 13.2 Å². The van der Waals surface area contributed by atoms with E-state index in [1.165, 1.54) is 4.31 Å². The summed E-state index contributed by atoms with van der Waals surface area (Å²) in [6.45, 7) is 3.56. The molecule has 138 valence electrons. The van der Waals surface area contributed by atoms with Gasteiger partial charge in [-0.25, -0.2) is 13.2 Å². The molecule has 1 saturated heterocycles. The monoisotopic (exact) mass is 379 g/mol. The van der Waals surface area contributed by atoms with Gasteiger partial charge < -0.3 is 9.47 Å². The lowest BCUT2D eigenvalue weighted by molar-refractivity contribution is -0.274. The van der Waals surface area contributed by atoms with Crippen LogP contribution in [0.25, 0.3) is 0 Å². The van der Waals surface area contributed by atoms with E-state index < -0.39 is 28.1 Å². The van der Waals surface area contributed by atoms with Crippen LogP contribution in [0.15, 0.2) is 41.8 Å². The normalized spacial score (nSPS) is 17.1. The third-order valence-corrected chi connectivity index (χ3v) is 5.46. The first-order valence-corrected chi connectivity index (χ1v) is 8.75. The number of benzene rings is 1. The number of ether oxygens (including phenoxy) is 2. The second-order valence-corrected chi connectivity index (χ2v) is 7.20. The van der Waals surface area contributed by atoms with Crippen LogP contribution in [0.2, 0.25) is 0 Å². The number of carbonyl (C=O) groups excluding carboxylic acids is 1. The fourth-order valence-electron chi connectivity index (χ4n) is 2.37. The largest absolute Gasteiger partial charge is 0.573 e. The second kappa shape index (κ2) is 7.44. The summed E-state index contributed by atoms with van der Waals surface area (Å²) >= 11 is 0. The molecule has 25 heavy (non-hydrogen) atoms. The molecule has 10 heteroatoms. The van der Waals surface area contributed by atoms with Crippen molar-refractivity contribution in [3.05, 3.63) is 36.9 Å². The molecule has 0 bridgehead atoms. The van der Waals surface area contributed by atoms with E-state index in [1.54, 1.807) is 0 Å². The van der Waals surface area contributed by atoms with Crippen LogP contribution in [-0.4, -0.2) is 44.2 Å². The molecule has 1 fully saturated rings. The van der Waals surface area contributed by atoms with E-state index in [0.29, 0.717) is 12.8 Å². The first-order valence-electron chi connectivity index (χ1n) is 7.31. The molecule has 2 rings (SSSR count). The van der Waals surface area contributed by atoms with Crippen molar-refractivity contribution in [3.63, 3.8) is 0 Å². The summed E-state index contributed by atoms with van der Waals surface area (Å²) in [5.74, 6) is -1.07.